The minimum absolute atomic E-state index is 0.109. The molecule has 0 heterocycles. The Labute approximate surface area is 117 Å². The van der Waals surface area contributed by atoms with Crippen molar-refractivity contribution in [2.45, 2.75) is 65.2 Å². The monoisotopic (exact) mass is 255 g/mol. The van der Waals surface area contributed by atoms with E-state index < -0.39 is 0 Å². The van der Waals surface area contributed by atoms with Crippen molar-refractivity contribution in [2.24, 2.45) is 5.41 Å². The predicted molar refractivity (Wildman–Crippen MR) is 80.0 cm³/mol. The summed E-state index contributed by atoms with van der Waals surface area (Å²) in [6, 6.07) is 9.34. The van der Waals surface area contributed by atoms with Gasteiger partial charge in [0.05, 0.1) is 11.5 Å². The molecule has 0 unspecified atom stereocenters. The van der Waals surface area contributed by atoms with Crippen LogP contribution in [-0.2, 0) is 6.42 Å². The molecule has 0 atom stereocenters. The van der Waals surface area contributed by atoms with E-state index in [1.165, 1.54) is 48.8 Å². The number of nitrogens with zero attached hydrogens (tertiary/aromatic N) is 1. The van der Waals surface area contributed by atoms with E-state index in [4.69, 9.17) is 0 Å². The van der Waals surface area contributed by atoms with E-state index in [-0.39, 0.29) is 5.41 Å². The Kier molecular flexibility index (Phi) is 4.64. The second-order valence-corrected chi connectivity index (χ2v) is 6.26. The van der Waals surface area contributed by atoms with Crippen molar-refractivity contribution in [3.63, 3.8) is 0 Å². The zero-order valence-corrected chi connectivity index (χ0v) is 12.3. The minimum Gasteiger partial charge on any atom is -0.198 e. The maximum atomic E-state index is 9.69. The van der Waals surface area contributed by atoms with Crippen LogP contribution in [0, 0.1) is 30.6 Å². The normalized spacial score (nSPS) is 19.2. The molecular formula is C18H25N. The van der Waals surface area contributed by atoms with Gasteiger partial charge in [-0.15, -0.1) is 0 Å². The van der Waals surface area contributed by atoms with E-state index in [2.05, 4.69) is 38.1 Å². The lowest BCUT2D eigenvalue weighted by Crippen LogP contribution is -2.23. The first-order valence-electron chi connectivity index (χ1n) is 7.63. The molecule has 1 aromatic carbocycles. The summed E-state index contributed by atoms with van der Waals surface area (Å²) in [6.07, 6.45) is 9.49. The Balaban J connectivity index is 2.16. The average molecular weight is 255 g/mol. The molecule has 2 rings (SSSR count). The van der Waals surface area contributed by atoms with Gasteiger partial charge in [-0.2, -0.15) is 5.26 Å². The summed E-state index contributed by atoms with van der Waals surface area (Å²) in [4.78, 5) is 0. The third kappa shape index (κ3) is 3.60. The van der Waals surface area contributed by atoms with Gasteiger partial charge in [0, 0.05) is 0 Å². The second-order valence-electron chi connectivity index (χ2n) is 6.26. The highest BCUT2D eigenvalue weighted by atomic mass is 14.4. The highest BCUT2D eigenvalue weighted by Crippen LogP contribution is 2.37. The van der Waals surface area contributed by atoms with Crippen molar-refractivity contribution in [3.05, 3.63) is 34.9 Å². The molecule has 1 saturated carbocycles. The van der Waals surface area contributed by atoms with Gasteiger partial charge >= 0.3 is 0 Å². The number of aryl methyl sites for hydroxylation is 2. The maximum absolute atomic E-state index is 9.69. The van der Waals surface area contributed by atoms with Crippen LogP contribution >= 0.6 is 0 Å². The van der Waals surface area contributed by atoms with Crippen LogP contribution in [0.2, 0.25) is 0 Å². The van der Waals surface area contributed by atoms with Crippen LogP contribution in [0.15, 0.2) is 18.2 Å². The molecule has 1 fully saturated rings. The van der Waals surface area contributed by atoms with Crippen LogP contribution in [-0.4, -0.2) is 0 Å². The number of rotatable bonds is 2. The number of nitriles is 1. The number of hydrogen-bond donors (Lipinski definition) is 0. The van der Waals surface area contributed by atoms with Gasteiger partial charge in [0.1, 0.15) is 0 Å². The van der Waals surface area contributed by atoms with Crippen LogP contribution in [0.4, 0.5) is 0 Å². The molecule has 0 aromatic heterocycles. The zero-order valence-electron chi connectivity index (χ0n) is 12.3. The topological polar surface area (TPSA) is 23.8 Å². The van der Waals surface area contributed by atoms with Gasteiger partial charge in [-0.25, -0.2) is 0 Å². The molecule has 102 valence electrons. The molecule has 0 N–H and O–H groups in total. The summed E-state index contributed by atoms with van der Waals surface area (Å²) in [7, 11) is 0. The van der Waals surface area contributed by atoms with Crippen molar-refractivity contribution < 1.29 is 0 Å². The summed E-state index contributed by atoms with van der Waals surface area (Å²) in [5, 5.41) is 9.69. The average Bonchev–Trinajstić information content (AvgIpc) is 2.37. The number of hydrogen-bond acceptors (Lipinski definition) is 1. The Bertz CT molecular complexity index is 459. The Morgan fingerprint density at radius 3 is 2.21 bits per heavy atom. The van der Waals surface area contributed by atoms with Crippen molar-refractivity contribution in [1.82, 2.24) is 0 Å². The maximum Gasteiger partial charge on any atom is 0.0693 e. The third-order valence-corrected chi connectivity index (χ3v) is 4.66. The third-order valence-electron chi connectivity index (χ3n) is 4.66. The Morgan fingerprint density at radius 1 is 1.00 bits per heavy atom. The molecular weight excluding hydrogens is 230 g/mol. The first-order valence-corrected chi connectivity index (χ1v) is 7.63. The lowest BCUT2D eigenvalue weighted by atomic mass is 9.73. The lowest BCUT2D eigenvalue weighted by Gasteiger charge is -2.29. The Morgan fingerprint density at radius 2 is 1.63 bits per heavy atom. The van der Waals surface area contributed by atoms with Crippen molar-refractivity contribution in [1.29, 1.82) is 5.26 Å². The van der Waals surface area contributed by atoms with Crippen molar-refractivity contribution in [2.75, 3.05) is 0 Å². The zero-order chi connectivity index (χ0) is 13.7. The molecule has 0 aliphatic heterocycles. The van der Waals surface area contributed by atoms with E-state index in [9.17, 15) is 5.26 Å². The quantitative estimate of drug-likeness (QED) is 0.721. The summed E-state index contributed by atoms with van der Waals surface area (Å²) in [6.45, 7) is 4.31. The highest BCUT2D eigenvalue weighted by molar-refractivity contribution is 5.31. The van der Waals surface area contributed by atoms with Crippen molar-refractivity contribution >= 4 is 0 Å². The van der Waals surface area contributed by atoms with Crippen LogP contribution < -0.4 is 0 Å². The number of benzene rings is 1. The fraction of sp³-hybridized carbons (Fsp3) is 0.611. The standard InChI is InChI=1S/C18H25N/c1-15-8-9-17(12-16(15)2)13-18(14-19)10-6-4-3-5-7-11-18/h8-9,12H,3-7,10-11,13H2,1-2H3. The molecule has 1 aromatic rings. The predicted octanol–water partition coefficient (Wildman–Crippen LogP) is 5.10. The van der Waals surface area contributed by atoms with Gasteiger partial charge in [0.15, 0.2) is 0 Å². The first kappa shape index (κ1) is 14.1. The molecule has 0 spiro atoms. The molecule has 1 heteroatoms. The van der Waals surface area contributed by atoms with E-state index in [0.717, 1.165) is 19.3 Å². The van der Waals surface area contributed by atoms with E-state index >= 15 is 0 Å². The van der Waals surface area contributed by atoms with Crippen LogP contribution in [0.1, 0.15) is 61.6 Å². The summed E-state index contributed by atoms with van der Waals surface area (Å²) >= 11 is 0. The molecule has 0 bridgehead atoms. The highest BCUT2D eigenvalue weighted by Gasteiger charge is 2.30. The van der Waals surface area contributed by atoms with Crippen molar-refractivity contribution in [3.8, 4) is 6.07 Å². The molecule has 0 saturated heterocycles. The van der Waals surface area contributed by atoms with Crippen LogP contribution in [0.5, 0.6) is 0 Å². The molecule has 1 aliphatic carbocycles. The lowest BCUT2D eigenvalue weighted by molar-refractivity contribution is 0.287. The SMILES string of the molecule is Cc1ccc(CC2(C#N)CCCCCCC2)cc1C. The van der Waals surface area contributed by atoms with Gasteiger partial charge in [-0.1, -0.05) is 50.3 Å². The molecule has 1 nitrogen and oxygen atoms in total. The summed E-state index contributed by atoms with van der Waals surface area (Å²) in [5.74, 6) is 0. The van der Waals surface area contributed by atoms with Crippen LogP contribution in [0.3, 0.4) is 0 Å². The molecule has 0 radical (unpaired) electrons. The van der Waals surface area contributed by atoms with E-state index in [0.29, 0.717) is 0 Å². The largest absolute Gasteiger partial charge is 0.198 e. The van der Waals surface area contributed by atoms with Gasteiger partial charge < -0.3 is 0 Å². The van der Waals surface area contributed by atoms with Gasteiger partial charge in [-0.3, -0.25) is 0 Å². The smallest absolute Gasteiger partial charge is 0.0693 e. The summed E-state index contributed by atoms with van der Waals surface area (Å²) < 4.78 is 0. The Hall–Kier alpha value is -1.29. The summed E-state index contributed by atoms with van der Waals surface area (Å²) in [5.41, 5.74) is 3.91. The molecule has 19 heavy (non-hydrogen) atoms. The van der Waals surface area contributed by atoms with E-state index in [1.54, 1.807) is 0 Å². The fourth-order valence-electron chi connectivity index (χ4n) is 3.21. The molecule has 1 aliphatic rings. The van der Waals surface area contributed by atoms with Gasteiger partial charge in [0.2, 0.25) is 0 Å². The van der Waals surface area contributed by atoms with Gasteiger partial charge in [-0.05, 0) is 49.8 Å². The van der Waals surface area contributed by atoms with Crippen LogP contribution in [0.25, 0.3) is 0 Å². The second kappa shape index (κ2) is 6.24. The fourth-order valence-corrected chi connectivity index (χ4v) is 3.21. The van der Waals surface area contributed by atoms with Gasteiger partial charge in [0.25, 0.3) is 0 Å². The molecule has 0 amide bonds. The first-order chi connectivity index (χ1) is 9.15. The minimum atomic E-state index is -0.109. The van der Waals surface area contributed by atoms with E-state index in [1.807, 2.05) is 0 Å².